The van der Waals surface area contributed by atoms with E-state index in [0.717, 1.165) is 0 Å². The Morgan fingerprint density at radius 2 is 2.25 bits per heavy atom. The van der Waals surface area contributed by atoms with Crippen molar-refractivity contribution in [3.63, 3.8) is 0 Å². The van der Waals surface area contributed by atoms with Gasteiger partial charge in [-0.05, 0) is 12.1 Å². The first-order chi connectivity index (χ1) is 5.77. The zero-order chi connectivity index (χ0) is 8.55. The fourth-order valence-corrected chi connectivity index (χ4v) is 1.17. The molecule has 59 valence electrons. The van der Waals surface area contributed by atoms with Crippen LogP contribution in [0.2, 0.25) is 5.02 Å². The van der Waals surface area contributed by atoms with Crippen LogP contribution in [0.4, 0.5) is 0 Å². The average molecular weight is 180 g/mol. The zero-order valence-electron chi connectivity index (χ0n) is 6.00. The van der Waals surface area contributed by atoms with Gasteiger partial charge in [0.2, 0.25) is 0 Å². The van der Waals surface area contributed by atoms with E-state index in [9.17, 15) is 4.79 Å². The third kappa shape index (κ3) is 1.10. The molecule has 0 spiro atoms. The lowest BCUT2D eigenvalue weighted by molar-refractivity contribution is 0.592. The highest BCUT2D eigenvalue weighted by molar-refractivity contribution is 6.31. The Labute approximate surface area is 73.4 Å². The number of hydrogen-bond donors (Lipinski definition) is 0. The predicted molar refractivity (Wildman–Crippen MR) is 46.3 cm³/mol. The van der Waals surface area contributed by atoms with Gasteiger partial charge in [-0.2, -0.15) is 0 Å². The lowest BCUT2D eigenvalue weighted by Gasteiger charge is -1.93. The fourth-order valence-electron chi connectivity index (χ4n) is 1.01. The van der Waals surface area contributed by atoms with Crippen molar-refractivity contribution < 1.29 is 4.42 Å². The highest BCUT2D eigenvalue weighted by atomic mass is 35.5. The molecule has 2 nitrogen and oxygen atoms in total. The Hall–Kier alpha value is -1.28. The number of hydrogen-bond acceptors (Lipinski definition) is 2. The maximum absolute atomic E-state index is 11.2. The minimum absolute atomic E-state index is 0.104. The van der Waals surface area contributed by atoms with Crippen LogP contribution in [-0.2, 0) is 0 Å². The van der Waals surface area contributed by atoms with E-state index in [1.165, 1.54) is 6.07 Å². The molecule has 0 saturated carbocycles. The second-order valence-electron chi connectivity index (χ2n) is 2.37. The molecule has 0 N–H and O–H groups in total. The Kier molecular flexibility index (Phi) is 1.62. The van der Waals surface area contributed by atoms with E-state index < -0.39 is 0 Å². The summed E-state index contributed by atoms with van der Waals surface area (Å²) in [6, 6.07) is 6.14. The summed E-state index contributed by atoms with van der Waals surface area (Å²) < 4.78 is 4.96. The van der Waals surface area contributed by atoms with E-state index in [-0.39, 0.29) is 5.43 Å². The van der Waals surface area contributed by atoms with Crippen molar-refractivity contribution in [2.45, 2.75) is 0 Å². The van der Waals surface area contributed by atoms with Crippen LogP contribution in [0.3, 0.4) is 0 Å². The molecule has 2 aromatic rings. The molecular formula is C9H4ClO2. The summed E-state index contributed by atoms with van der Waals surface area (Å²) >= 11 is 5.70. The standard InChI is InChI=1S/C9H4ClO2/c10-6-1-2-7-8(11)3-4-12-9(7)5-6/h1-3,5H. The number of halogens is 1. The molecule has 12 heavy (non-hydrogen) atoms. The third-order valence-electron chi connectivity index (χ3n) is 1.57. The third-order valence-corrected chi connectivity index (χ3v) is 1.80. The van der Waals surface area contributed by atoms with Gasteiger partial charge in [-0.1, -0.05) is 11.6 Å². The van der Waals surface area contributed by atoms with Gasteiger partial charge >= 0.3 is 0 Å². The molecule has 0 unspecified atom stereocenters. The van der Waals surface area contributed by atoms with E-state index in [2.05, 4.69) is 6.26 Å². The average Bonchev–Trinajstić information content (AvgIpc) is 2.04. The number of rotatable bonds is 0. The fraction of sp³-hybridized carbons (Fsp3) is 0. The first-order valence-corrected chi connectivity index (χ1v) is 3.74. The number of fused-ring (bicyclic) bond motifs is 1. The van der Waals surface area contributed by atoms with Crippen molar-refractivity contribution in [2.75, 3.05) is 0 Å². The Balaban J connectivity index is 2.96. The Bertz CT molecular complexity index is 473. The van der Waals surface area contributed by atoms with Crippen molar-refractivity contribution in [3.05, 3.63) is 45.8 Å². The van der Waals surface area contributed by atoms with Gasteiger partial charge < -0.3 is 4.42 Å². The maximum atomic E-state index is 11.2. The lowest BCUT2D eigenvalue weighted by atomic mass is 10.2. The molecule has 0 aliphatic rings. The molecule has 1 heterocycles. The van der Waals surface area contributed by atoms with Crippen LogP contribution in [0.1, 0.15) is 0 Å². The Morgan fingerprint density at radius 3 is 3.08 bits per heavy atom. The van der Waals surface area contributed by atoms with Gasteiger partial charge in [-0.3, -0.25) is 4.79 Å². The molecule has 2 rings (SSSR count). The van der Waals surface area contributed by atoms with Crippen molar-refractivity contribution in [1.82, 2.24) is 0 Å². The quantitative estimate of drug-likeness (QED) is 0.621. The molecule has 1 radical (unpaired) electrons. The smallest absolute Gasteiger partial charge is 0.193 e. The normalized spacial score (nSPS) is 10.4. The summed E-state index contributed by atoms with van der Waals surface area (Å²) in [5.41, 5.74) is 0.364. The minimum Gasteiger partial charge on any atom is -0.452 e. The molecule has 1 aromatic heterocycles. The predicted octanol–water partition coefficient (Wildman–Crippen LogP) is 2.25. The lowest BCUT2D eigenvalue weighted by Crippen LogP contribution is -1.97. The first-order valence-electron chi connectivity index (χ1n) is 3.37. The molecule has 0 aliphatic carbocycles. The molecular weight excluding hydrogens is 176 g/mol. The van der Waals surface area contributed by atoms with Gasteiger partial charge in [0.05, 0.1) is 5.39 Å². The van der Waals surface area contributed by atoms with Crippen LogP contribution in [-0.4, -0.2) is 0 Å². The van der Waals surface area contributed by atoms with Crippen molar-refractivity contribution in [1.29, 1.82) is 0 Å². The molecule has 0 saturated heterocycles. The van der Waals surface area contributed by atoms with E-state index in [4.69, 9.17) is 16.0 Å². The molecule has 0 fully saturated rings. The van der Waals surface area contributed by atoms with E-state index in [1.807, 2.05) is 0 Å². The van der Waals surface area contributed by atoms with Crippen LogP contribution in [0.25, 0.3) is 11.0 Å². The topological polar surface area (TPSA) is 30.2 Å². The van der Waals surface area contributed by atoms with Crippen LogP contribution in [0, 0.1) is 6.26 Å². The summed E-state index contributed by atoms with van der Waals surface area (Å²) in [4.78, 5) is 11.2. The molecule has 0 atom stereocenters. The minimum atomic E-state index is -0.104. The second-order valence-corrected chi connectivity index (χ2v) is 2.81. The largest absolute Gasteiger partial charge is 0.452 e. The van der Waals surface area contributed by atoms with Crippen LogP contribution < -0.4 is 5.43 Å². The van der Waals surface area contributed by atoms with Gasteiger partial charge in [-0.25, -0.2) is 0 Å². The van der Waals surface area contributed by atoms with Crippen molar-refractivity contribution >= 4 is 22.6 Å². The van der Waals surface area contributed by atoms with E-state index in [0.29, 0.717) is 16.0 Å². The second kappa shape index (κ2) is 2.64. The summed E-state index contributed by atoms with van der Waals surface area (Å²) in [5.74, 6) is 0. The van der Waals surface area contributed by atoms with Crippen LogP contribution >= 0.6 is 11.6 Å². The zero-order valence-corrected chi connectivity index (χ0v) is 6.76. The summed E-state index contributed by atoms with van der Waals surface area (Å²) in [6.07, 6.45) is 2.38. The summed E-state index contributed by atoms with van der Waals surface area (Å²) in [6.45, 7) is 0. The molecule has 1 aromatic carbocycles. The van der Waals surface area contributed by atoms with E-state index in [1.54, 1.807) is 18.2 Å². The first kappa shape index (κ1) is 7.37. The molecule has 0 aliphatic heterocycles. The van der Waals surface area contributed by atoms with Gasteiger partial charge in [-0.15, -0.1) is 0 Å². The van der Waals surface area contributed by atoms with Gasteiger partial charge in [0.25, 0.3) is 0 Å². The highest BCUT2D eigenvalue weighted by Gasteiger charge is 1.99. The van der Waals surface area contributed by atoms with Gasteiger partial charge in [0.15, 0.2) is 11.7 Å². The van der Waals surface area contributed by atoms with Crippen molar-refractivity contribution in [3.8, 4) is 0 Å². The van der Waals surface area contributed by atoms with Crippen LogP contribution in [0.15, 0.2) is 33.5 Å². The van der Waals surface area contributed by atoms with E-state index >= 15 is 0 Å². The maximum Gasteiger partial charge on any atom is 0.193 e. The highest BCUT2D eigenvalue weighted by Crippen LogP contribution is 2.15. The summed E-state index contributed by atoms with van der Waals surface area (Å²) in [5, 5.41) is 1.07. The SMILES string of the molecule is O=c1c[c]oc2cc(Cl)ccc12. The Morgan fingerprint density at radius 1 is 1.42 bits per heavy atom. The molecule has 0 amide bonds. The summed E-state index contributed by atoms with van der Waals surface area (Å²) in [7, 11) is 0. The van der Waals surface area contributed by atoms with Gasteiger partial charge in [0, 0.05) is 17.2 Å². The monoisotopic (exact) mass is 179 g/mol. The van der Waals surface area contributed by atoms with Crippen molar-refractivity contribution in [2.24, 2.45) is 0 Å². The molecule has 3 heteroatoms. The van der Waals surface area contributed by atoms with Gasteiger partial charge in [0.1, 0.15) is 5.58 Å². The number of benzene rings is 1. The van der Waals surface area contributed by atoms with Crippen LogP contribution in [0.5, 0.6) is 0 Å². The molecule has 0 bridgehead atoms.